The van der Waals surface area contributed by atoms with Gasteiger partial charge in [-0.1, -0.05) is 30.3 Å². The Hall–Kier alpha value is -1.12. The fourth-order valence-corrected chi connectivity index (χ4v) is 1.50. The molecule has 2 N–H and O–H groups in total. The Morgan fingerprint density at radius 1 is 1.07 bits per heavy atom. The molecule has 0 fully saturated rings. The lowest BCUT2D eigenvalue weighted by Gasteiger charge is -2.17. The van der Waals surface area contributed by atoms with E-state index in [1.54, 1.807) is 6.92 Å². The molecule has 82 valence electrons. The van der Waals surface area contributed by atoms with Crippen LogP contribution in [0.5, 0.6) is 0 Å². The van der Waals surface area contributed by atoms with Crippen LogP contribution in [0.25, 0.3) is 5.57 Å². The van der Waals surface area contributed by atoms with Gasteiger partial charge in [0.1, 0.15) is 6.10 Å². The third kappa shape index (κ3) is 2.91. The number of allylic oxidation sites excluding steroid dienone is 1. The van der Waals surface area contributed by atoms with Gasteiger partial charge in [0.05, 0.1) is 6.10 Å². The average Bonchev–Trinajstić information content (AvgIpc) is 2.27. The van der Waals surface area contributed by atoms with Gasteiger partial charge in [-0.2, -0.15) is 0 Å². The molecule has 15 heavy (non-hydrogen) atoms. The van der Waals surface area contributed by atoms with E-state index in [-0.39, 0.29) is 0 Å². The highest BCUT2D eigenvalue weighted by molar-refractivity contribution is 5.67. The van der Waals surface area contributed by atoms with Crippen LogP contribution in [-0.4, -0.2) is 22.4 Å². The molecule has 0 heterocycles. The SMILES string of the molecule is C/C(=C(/C)[C@@H](O)[C@H](C)O)c1ccccc1. The van der Waals surface area contributed by atoms with Crippen molar-refractivity contribution in [2.75, 3.05) is 0 Å². The van der Waals surface area contributed by atoms with Gasteiger partial charge >= 0.3 is 0 Å². The molecular formula is C13H18O2. The second-order valence-electron chi connectivity index (χ2n) is 3.86. The topological polar surface area (TPSA) is 40.5 Å². The molecule has 0 unspecified atom stereocenters. The van der Waals surface area contributed by atoms with Gasteiger partial charge in [0.25, 0.3) is 0 Å². The summed E-state index contributed by atoms with van der Waals surface area (Å²) < 4.78 is 0. The largest absolute Gasteiger partial charge is 0.390 e. The van der Waals surface area contributed by atoms with Crippen LogP contribution in [0.4, 0.5) is 0 Å². The summed E-state index contributed by atoms with van der Waals surface area (Å²) >= 11 is 0. The fraction of sp³-hybridized carbons (Fsp3) is 0.385. The lowest BCUT2D eigenvalue weighted by Crippen LogP contribution is -2.24. The highest BCUT2D eigenvalue weighted by Gasteiger charge is 2.15. The second-order valence-corrected chi connectivity index (χ2v) is 3.86. The molecule has 0 aromatic heterocycles. The van der Waals surface area contributed by atoms with Gasteiger partial charge in [0, 0.05) is 0 Å². The van der Waals surface area contributed by atoms with Crippen molar-refractivity contribution in [3.05, 3.63) is 41.5 Å². The van der Waals surface area contributed by atoms with Gasteiger partial charge in [-0.3, -0.25) is 0 Å². The van der Waals surface area contributed by atoms with Gasteiger partial charge in [-0.15, -0.1) is 0 Å². The van der Waals surface area contributed by atoms with E-state index in [4.69, 9.17) is 0 Å². The molecule has 2 heteroatoms. The predicted octanol–water partition coefficient (Wildman–Crippen LogP) is 2.22. The van der Waals surface area contributed by atoms with Crippen LogP contribution in [0.15, 0.2) is 35.9 Å². The number of hydrogen-bond acceptors (Lipinski definition) is 2. The zero-order valence-electron chi connectivity index (χ0n) is 9.44. The van der Waals surface area contributed by atoms with Crippen LogP contribution in [0, 0.1) is 0 Å². The van der Waals surface area contributed by atoms with Crippen molar-refractivity contribution in [1.29, 1.82) is 0 Å². The Morgan fingerprint density at radius 3 is 2.07 bits per heavy atom. The van der Waals surface area contributed by atoms with E-state index < -0.39 is 12.2 Å². The lowest BCUT2D eigenvalue weighted by molar-refractivity contribution is 0.0550. The van der Waals surface area contributed by atoms with Gasteiger partial charge in [-0.25, -0.2) is 0 Å². The summed E-state index contributed by atoms with van der Waals surface area (Å²) in [5.41, 5.74) is 2.91. The Kier molecular flexibility index (Phi) is 4.06. The zero-order valence-corrected chi connectivity index (χ0v) is 9.44. The zero-order chi connectivity index (χ0) is 11.4. The minimum absolute atomic E-state index is 0.733. The predicted molar refractivity (Wildman–Crippen MR) is 62.4 cm³/mol. The number of benzene rings is 1. The third-order valence-corrected chi connectivity index (χ3v) is 2.70. The molecule has 0 saturated carbocycles. The first-order chi connectivity index (χ1) is 7.04. The molecule has 2 nitrogen and oxygen atoms in total. The quantitative estimate of drug-likeness (QED) is 0.796. The standard InChI is InChI=1S/C13H18O2/c1-9(10(2)13(15)11(3)14)12-7-5-4-6-8-12/h4-8,11,13-15H,1-3H3/b10-9+/t11-,13+/m0/s1. The number of rotatable bonds is 3. The van der Waals surface area contributed by atoms with Crippen LogP contribution < -0.4 is 0 Å². The van der Waals surface area contributed by atoms with E-state index in [2.05, 4.69) is 0 Å². The summed E-state index contributed by atoms with van der Waals surface area (Å²) in [5.74, 6) is 0. The maximum atomic E-state index is 9.72. The summed E-state index contributed by atoms with van der Waals surface area (Å²) in [6, 6.07) is 9.86. The summed E-state index contributed by atoms with van der Waals surface area (Å²) in [6.07, 6.45) is -1.52. The van der Waals surface area contributed by atoms with Gasteiger partial charge in [-0.05, 0) is 37.5 Å². The number of hydrogen-bond donors (Lipinski definition) is 2. The van der Waals surface area contributed by atoms with Gasteiger partial charge < -0.3 is 10.2 Å². The van der Waals surface area contributed by atoms with Crippen molar-refractivity contribution in [3.8, 4) is 0 Å². The normalized spacial score (nSPS) is 16.9. The van der Waals surface area contributed by atoms with E-state index >= 15 is 0 Å². The molecule has 0 bridgehead atoms. The molecule has 0 spiro atoms. The van der Waals surface area contributed by atoms with Crippen LogP contribution in [-0.2, 0) is 0 Å². The molecule has 0 aliphatic heterocycles. The monoisotopic (exact) mass is 206 g/mol. The summed E-state index contributed by atoms with van der Waals surface area (Å²) in [4.78, 5) is 0. The highest BCUT2D eigenvalue weighted by atomic mass is 16.3. The summed E-state index contributed by atoms with van der Waals surface area (Å²) in [5, 5.41) is 19.0. The molecule has 0 aliphatic rings. The van der Waals surface area contributed by atoms with E-state index in [1.807, 2.05) is 44.2 Å². The first-order valence-electron chi connectivity index (χ1n) is 5.13. The van der Waals surface area contributed by atoms with Gasteiger partial charge in [0.2, 0.25) is 0 Å². The molecule has 0 amide bonds. The van der Waals surface area contributed by atoms with E-state index in [9.17, 15) is 10.2 Å². The molecule has 1 rings (SSSR count). The number of aliphatic hydroxyl groups is 2. The first kappa shape index (κ1) is 12.0. The molecule has 2 atom stereocenters. The Balaban J connectivity index is 3.00. The van der Waals surface area contributed by atoms with E-state index in [0.717, 1.165) is 16.7 Å². The smallest absolute Gasteiger partial charge is 0.101 e. The molecule has 0 radical (unpaired) electrons. The summed E-state index contributed by atoms with van der Waals surface area (Å²) in [6.45, 7) is 5.39. The molecule has 1 aromatic rings. The molecular weight excluding hydrogens is 188 g/mol. The van der Waals surface area contributed by atoms with Crippen molar-refractivity contribution in [1.82, 2.24) is 0 Å². The van der Waals surface area contributed by atoms with Crippen molar-refractivity contribution >= 4 is 5.57 Å². The van der Waals surface area contributed by atoms with Crippen molar-refractivity contribution in [3.63, 3.8) is 0 Å². The van der Waals surface area contributed by atoms with E-state index in [1.165, 1.54) is 0 Å². The molecule has 0 aliphatic carbocycles. The van der Waals surface area contributed by atoms with Crippen LogP contribution in [0.3, 0.4) is 0 Å². The maximum absolute atomic E-state index is 9.72. The van der Waals surface area contributed by atoms with Crippen LogP contribution in [0.2, 0.25) is 0 Å². The molecule has 1 aromatic carbocycles. The number of aliphatic hydroxyl groups excluding tert-OH is 2. The maximum Gasteiger partial charge on any atom is 0.101 e. The highest BCUT2D eigenvalue weighted by Crippen LogP contribution is 2.21. The van der Waals surface area contributed by atoms with Gasteiger partial charge in [0.15, 0.2) is 0 Å². The minimum atomic E-state index is -0.787. The Morgan fingerprint density at radius 2 is 1.60 bits per heavy atom. The lowest BCUT2D eigenvalue weighted by atomic mass is 9.97. The second kappa shape index (κ2) is 5.10. The van der Waals surface area contributed by atoms with Crippen molar-refractivity contribution in [2.45, 2.75) is 33.0 Å². The third-order valence-electron chi connectivity index (χ3n) is 2.70. The van der Waals surface area contributed by atoms with Crippen LogP contribution in [0.1, 0.15) is 26.3 Å². The average molecular weight is 206 g/mol. The van der Waals surface area contributed by atoms with E-state index in [0.29, 0.717) is 0 Å². The Bertz CT molecular complexity index is 339. The first-order valence-corrected chi connectivity index (χ1v) is 5.13. The fourth-order valence-electron chi connectivity index (χ4n) is 1.50. The van der Waals surface area contributed by atoms with Crippen molar-refractivity contribution in [2.24, 2.45) is 0 Å². The molecule has 0 saturated heterocycles. The Labute approximate surface area is 90.9 Å². The minimum Gasteiger partial charge on any atom is -0.390 e. The van der Waals surface area contributed by atoms with Crippen molar-refractivity contribution < 1.29 is 10.2 Å². The summed E-state index contributed by atoms with van der Waals surface area (Å²) in [7, 11) is 0. The van der Waals surface area contributed by atoms with Crippen LogP contribution >= 0.6 is 0 Å².